The molecule has 7 heteroatoms. The Kier molecular flexibility index (Phi) is 7.84. The average Bonchev–Trinajstić information content (AvgIpc) is 2.68. The highest BCUT2D eigenvalue weighted by molar-refractivity contribution is 8.00. The van der Waals surface area contributed by atoms with Crippen LogP contribution in [0.3, 0.4) is 0 Å². The van der Waals surface area contributed by atoms with Crippen LogP contribution in [0.4, 0.5) is 5.69 Å². The minimum absolute atomic E-state index is 0.0560. The minimum atomic E-state index is -0.969. The first kappa shape index (κ1) is 22.5. The third-order valence-electron chi connectivity index (χ3n) is 4.34. The highest BCUT2D eigenvalue weighted by Crippen LogP contribution is 2.24. The summed E-state index contributed by atoms with van der Waals surface area (Å²) in [5, 5.41) is 2.83. The average molecular weight is 415 g/mol. The highest BCUT2D eigenvalue weighted by Gasteiger charge is 2.22. The van der Waals surface area contributed by atoms with Crippen molar-refractivity contribution in [3.05, 3.63) is 59.2 Å². The van der Waals surface area contributed by atoms with Crippen LogP contribution in [0.2, 0.25) is 0 Å². The van der Waals surface area contributed by atoms with Gasteiger partial charge in [0.05, 0.1) is 11.3 Å². The van der Waals surface area contributed by atoms with Gasteiger partial charge in [-0.05, 0) is 44.0 Å². The SMILES string of the molecule is Cc1cccc(C)c1NC(=O)[C@H](C)OC(=O)c1ccccc1SCC(=O)N(C)C. The maximum atomic E-state index is 12.6. The predicted octanol–water partition coefficient (Wildman–Crippen LogP) is 3.67. The second-order valence-electron chi connectivity index (χ2n) is 6.88. The Hall–Kier alpha value is -2.80. The van der Waals surface area contributed by atoms with Crippen molar-refractivity contribution in [1.82, 2.24) is 4.90 Å². The van der Waals surface area contributed by atoms with Gasteiger partial charge >= 0.3 is 5.97 Å². The Balaban J connectivity index is 2.06. The number of rotatable bonds is 7. The highest BCUT2D eigenvalue weighted by atomic mass is 32.2. The second-order valence-corrected chi connectivity index (χ2v) is 7.89. The van der Waals surface area contributed by atoms with Crippen LogP contribution in [0.25, 0.3) is 0 Å². The molecule has 1 N–H and O–H groups in total. The van der Waals surface area contributed by atoms with Crippen molar-refractivity contribution in [2.24, 2.45) is 0 Å². The van der Waals surface area contributed by atoms with Crippen molar-refractivity contribution in [3.8, 4) is 0 Å². The fourth-order valence-electron chi connectivity index (χ4n) is 2.54. The van der Waals surface area contributed by atoms with Gasteiger partial charge in [0.1, 0.15) is 0 Å². The molecule has 0 unspecified atom stereocenters. The summed E-state index contributed by atoms with van der Waals surface area (Å²) in [7, 11) is 3.36. The zero-order valence-corrected chi connectivity index (χ0v) is 18.1. The Morgan fingerprint density at radius 2 is 1.66 bits per heavy atom. The number of hydrogen-bond donors (Lipinski definition) is 1. The number of aryl methyl sites for hydroxylation is 2. The number of carbonyl (C=O) groups excluding carboxylic acids is 3. The molecular weight excluding hydrogens is 388 g/mol. The molecule has 0 saturated carbocycles. The van der Waals surface area contributed by atoms with E-state index in [0.717, 1.165) is 16.8 Å². The lowest BCUT2D eigenvalue weighted by Crippen LogP contribution is -2.30. The van der Waals surface area contributed by atoms with Crippen LogP contribution in [-0.4, -0.2) is 48.6 Å². The number of para-hydroxylation sites is 1. The number of benzene rings is 2. The van der Waals surface area contributed by atoms with E-state index in [1.807, 2.05) is 32.0 Å². The fraction of sp³-hybridized carbons (Fsp3) is 0.318. The summed E-state index contributed by atoms with van der Waals surface area (Å²) in [5.41, 5.74) is 2.92. The molecule has 1 atom stereocenters. The molecule has 2 aromatic rings. The predicted molar refractivity (Wildman–Crippen MR) is 115 cm³/mol. The molecule has 0 heterocycles. The lowest BCUT2D eigenvalue weighted by atomic mass is 10.1. The molecule has 2 amide bonds. The van der Waals surface area contributed by atoms with Crippen LogP contribution in [0.5, 0.6) is 0 Å². The van der Waals surface area contributed by atoms with Gasteiger partial charge in [0, 0.05) is 24.7 Å². The molecule has 0 radical (unpaired) electrons. The van der Waals surface area contributed by atoms with Crippen LogP contribution >= 0.6 is 11.8 Å². The summed E-state index contributed by atoms with van der Waals surface area (Å²) in [6.45, 7) is 5.34. The van der Waals surface area contributed by atoms with Crippen LogP contribution in [0.15, 0.2) is 47.4 Å². The van der Waals surface area contributed by atoms with Gasteiger partial charge in [-0.3, -0.25) is 9.59 Å². The van der Waals surface area contributed by atoms with Crippen molar-refractivity contribution < 1.29 is 19.1 Å². The van der Waals surface area contributed by atoms with E-state index in [2.05, 4.69) is 5.32 Å². The number of carbonyl (C=O) groups is 3. The van der Waals surface area contributed by atoms with E-state index >= 15 is 0 Å². The first-order valence-corrected chi connectivity index (χ1v) is 10.2. The molecule has 0 saturated heterocycles. The summed E-state index contributed by atoms with van der Waals surface area (Å²) in [5.74, 6) is -0.849. The second kappa shape index (κ2) is 10.1. The summed E-state index contributed by atoms with van der Waals surface area (Å²) in [4.78, 5) is 39.1. The molecular formula is C22H26N2O4S. The van der Waals surface area contributed by atoms with Gasteiger partial charge in [0.2, 0.25) is 5.91 Å². The first-order valence-electron chi connectivity index (χ1n) is 9.20. The van der Waals surface area contributed by atoms with E-state index in [1.165, 1.54) is 23.6 Å². The molecule has 0 spiro atoms. The molecule has 0 aromatic heterocycles. The first-order chi connectivity index (χ1) is 13.7. The number of amides is 2. The molecule has 154 valence electrons. The van der Waals surface area contributed by atoms with E-state index in [1.54, 1.807) is 38.4 Å². The minimum Gasteiger partial charge on any atom is -0.449 e. The molecule has 0 bridgehead atoms. The van der Waals surface area contributed by atoms with Gasteiger partial charge in [-0.2, -0.15) is 0 Å². The number of anilines is 1. The smallest absolute Gasteiger partial charge is 0.340 e. The quantitative estimate of drug-likeness (QED) is 0.553. The van der Waals surface area contributed by atoms with E-state index in [4.69, 9.17) is 4.74 Å². The molecule has 0 aliphatic heterocycles. The van der Waals surface area contributed by atoms with Crippen molar-refractivity contribution in [2.45, 2.75) is 31.8 Å². The summed E-state index contributed by atoms with van der Waals surface area (Å²) in [6, 6.07) is 12.6. The zero-order valence-electron chi connectivity index (χ0n) is 17.3. The lowest BCUT2D eigenvalue weighted by molar-refractivity contribution is -0.126. The number of esters is 1. The number of hydrogen-bond acceptors (Lipinski definition) is 5. The number of nitrogens with one attached hydrogen (secondary N) is 1. The molecule has 0 aliphatic carbocycles. The van der Waals surface area contributed by atoms with Gasteiger partial charge in [-0.15, -0.1) is 11.8 Å². The Morgan fingerprint density at radius 3 is 2.28 bits per heavy atom. The fourth-order valence-corrected chi connectivity index (χ4v) is 3.56. The van der Waals surface area contributed by atoms with Gasteiger partial charge in [0.15, 0.2) is 6.10 Å². The molecule has 0 fully saturated rings. The van der Waals surface area contributed by atoms with Gasteiger partial charge in [-0.25, -0.2) is 4.79 Å². The molecule has 0 aliphatic rings. The summed E-state index contributed by atoms with van der Waals surface area (Å²) in [6.07, 6.45) is -0.969. The third kappa shape index (κ3) is 6.09. The normalized spacial score (nSPS) is 11.5. The van der Waals surface area contributed by atoms with Crippen molar-refractivity contribution >= 4 is 35.2 Å². The number of ether oxygens (including phenoxy) is 1. The van der Waals surface area contributed by atoms with E-state index in [9.17, 15) is 14.4 Å². The van der Waals surface area contributed by atoms with Gasteiger partial charge in [0.25, 0.3) is 5.91 Å². The zero-order chi connectivity index (χ0) is 21.6. The topological polar surface area (TPSA) is 75.7 Å². The number of thioether (sulfide) groups is 1. The number of nitrogens with zero attached hydrogens (tertiary/aromatic N) is 1. The van der Waals surface area contributed by atoms with Crippen LogP contribution in [0, 0.1) is 13.8 Å². The maximum Gasteiger partial charge on any atom is 0.340 e. The molecule has 2 aromatic carbocycles. The van der Waals surface area contributed by atoms with Crippen molar-refractivity contribution in [3.63, 3.8) is 0 Å². The van der Waals surface area contributed by atoms with E-state index < -0.39 is 18.0 Å². The van der Waals surface area contributed by atoms with Crippen molar-refractivity contribution in [1.29, 1.82) is 0 Å². The summed E-state index contributed by atoms with van der Waals surface area (Å²) >= 11 is 1.26. The Labute approximate surface area is 175 Å². The largest absolute Gasteiger partial charge is 0.449 e. The molecule has 29 heavy (non-hydrogen) atoms. The lowest BCUT2D eigenvalue weighted by Gasteiger charge is -2.17. The van der Waals surface area contributed by atoms with Gasteiger partial charge < -0.3 is 15.0 Å². The van der Waals surface area contributed by atoms with Gasteiger partial charge in [-0.1, -0.05) is 30.3 Å². The standard InChI is InChI=1S/C22H26N2O4S/c1-14-9-8-10-15(2)20(14)23-21(26)16(3)28-22(27)17-11-6-7-12-18(17)29-13-19(25)24(4)5/h6-12,16H,13H2,1-5H3,(H,23,26)/t16-/m0/s1. The third-order valence-corrected chi connectivity index (χ3v) is 5.40. The van der Waals surface area contributed by atoms with Crippen LogP contribution < -0.4 is 5.32 Å². The molecule has 6 nitrogen and oxygen atoms in total. The summed E-state index contributed by atoms with van der Waals surface area (Å²) < 4.78 is 5.39. The Bertz CT molecular complexity index is 891. The van der Waals surface area contributed by atoms with Crippen molar-refractivity contribution in [2.75, 3.05) is 25.2 Å². The van der Waals surface area contributed by atoms with E-state index in [-0.39, 0.29) is 11.7 Å². The Morgan fingerprint density at radius 1 is 1.03 bits per heavy atom. The van der Waals surface area contributed by atoms with Crippen LogP contribution in [0.1, 0.15) is 28.4 Å². The molecule has 2 rings (SSSR count). The van der Waals surface area contributed by atoms with Crippen LogP contribution in [-0.2, 0) is 14.3 Å². The van der Waals surface area contributed by atoms with E-state index in [0.29, 0.717) is 10.5 Å². The maximum absolute atomic E-state index is 12.6. The monoisotopic (exact) mass is 414 g/mol.